The molecule has 1 aliphatic heterocycles. The number of amides is 2. The van der Waals surface area contributed by atoms with Crippen LogP contribution in [0.2, 0.25) is 0 Å². The summed E-state index contributed by atoms with van der Waals surface area (Å²) in [5.41, 5.74) is 3.93. The highest BCUT2D eigenvalue weighted by Gasteiger charge is 2.54. The smallest absolute Gasteiger partial charge is 0.319 e. The molecule has 1 heterocycles. The lowest BCUT2D eigenvalue weighted by Gasteiger charge is -2.40. The van der Waals surface area contributed by atoms with E-state index in [0.717, 1.165) is 6.42 Å². The van der Waals surface area contributed by atoms with Crippen LogP contribution >= 0.6 is 0 Å². The molecule has 2 fully saturated rings. The van der Waals surface area contributed by atoms with Gasteiger partial charge < -0.3 is 15.7 Å². The molecular formula is C11H16N2O4. The average molecular weight is 240 g/mol. The largest absolute Gasteiger partial charge is 0.480 e. The molecule has 94 valence electrons. The molecule has 1 atom stereocenters. The van der Waals surface area contributed by atoms with Crippen molar-refractivity contribution in [2.24, 2.45) is 11.1 Å². The van der Waals surface area contributed by atoms with E-state index in [1.807, 2.05) is 0 Å². The van der Waals surface area contributed by atoms with E-state index in [4.69, 9.17) is 5.73 Å². The van der Waals surface area contributed by atoms with Crippen molar-refractivity contribution in [2.75, 3.05) is 6.54 Å². The Morgan fingerprint density at radius 2 is 1.88 bits per heavy atom. The molecule has 2 rings (SSSR count). The second kappa shape index (κ2) is 4.01. The monoisotopic (exact) mass is 240 g/mol. The molecule has 0 bridgehead atoms. The van der Waals surface area contributed by atoms with E-state index in [9.17, 15) is 19.5 Å². The molecule has 2 amide bonds. The molecule has 0 radical (unpaired) electrons. The van der Waals surface area contributed by atoms with E-state index < -0.39 is 29.2 Å². The summed E-state index contributed by atoms with van der Waals surface area (Å²) in [6.45, 7) is 0.432. The van der Waals surface area contributed by atoms with Crippen molar-refractivity contribution in [3.8, 4) is 0 Å². The predicted octanol–water partition coefficient (Wildman–Crippen LogP) is -0.282. The Morgan fingerprint density at radius 3 is 2.29 bits per heavy atom. The van der Waals surface area contributed by atoms with Gasteiger partial charge in [0, 0.05) is 6.54 Å². The Labute approximate surface area is 98.8 Å². The number of carbonyl (C=O) groups excluding carboxylic acids is 2. The van der Waals surface area contributed by atoms with Gasteiger partial charge in [-0.1, -0.05) is 6.42 Å². The minimum Gasteiger partial charge on any atom is -0.480 e. The summed E-state index contributed by atoms with van der Waals surface area (Å²) in [6, 6.07) is -0.626. The van der Waals surface area contributed by atoms with Gasteiger partial charge in [0.2, 0.25) is 11.8 Å². The predicted molar refractivity (Wildman–Crippen MR) is 57.8 cm³/mol. The van der Waals surface area contributed by atoms with Gasteiger partial charge in [-0.3, -0.25) is 14.4 Å². The quantitative estimate of drug-likeness (QED) is 0.662. The molecule has 2 aliphatic rings. The maximum Gasteiger partial charge on any atom is 0.319 e. The lowest BCUT2D eigenvalue weighted by atomic mass is 9.67. The summed E-state index contributed by atoms with van der Waals surface area (Å²) in [5, 5.41) is 9.18. The van der Waals surface area contributed by atoms with Crippen LogP contribution in [0.5, 0.6) is 0 Å². The number of rotatable bonds is 3. The molecule has 6 heteroatoms. The number of primary amides is 1. The first-order valence-electron chi connectivity index (χ1n) is 5.83. The van der Waals surface area contributed by atoms with Crippen molar-refractivity contribution >= 4 is 17.8 Å². The number of nitrogens with zero attached hydrogens (tertiary/aromatic N) is 1. The van der Waals surface area contributed by atoms with E-state index in [2.05, 4.69) is 0 Å². The maximum atomic E-state index is 12.2. The Morgan fingerprint density at radius 1 is 1.24 bits per heavy atom. The van der Waals surface area contributed by atoms with E-state index in [-0.39, 0.29) is 0 Å². The topological polar surface area (TPSA) is 101 Å². The van der Waals surface area contributed by atoms with Gasteiger partial charge in [0.25, 0.3) is 0 Å². The van der Waals surface area contributed by atoms with Crippen molar-refractivity contribution in [1.29, 1.82) is 0 Å². The van der Waals surface area contributed by atoms with Gasteiger partial charge in [-0.2, -0.15) is 0 Å². The lowest BCUT2D eigenvalue weighted by Crippen LogP contribution is -2.55. The van der Waals surface area contributed by atoms with E-state index in [0.29, 0.717) is 32.2 Å². The van der Waals surface area contributed by atoms with Crippen LogP contribution in [0, 0.1) is 5.41 Å². The highest BCUT2D eigenvalue weighted by molar-refractivity contribution is 6.04. The van der Waals surface area contributed by atoms with Crippen LogP contribution in [-0.2, 0) is 14.4 Å². The molecule has 0 spiro atoms. The molecule has 1 saturated carbocycles. The fourth-order valence-corrected chi connectivity index (χ4v) is 2.63. The van der Waals surface area contributed by atoms with Gasteiger partial charge in [0.15, 0.2) is 0 Å². The molecule has 0 aromatic heterocycles. The summed E-state index contributed by atoms with van der Waals surface area (Å²) in [4.78, 5) is 36.0. The number of hydrogen-bond acceptors (Lipinski definition) is 3. The number of carboxylic acids is 1. The zero-order valence-electron chi connectivity index (χ0n) is 9.52. The number of carbonyl (C=O) groups is 3. The standard InChI is InChI=1S/C11H16N2O4/c12-8(14)7-3-1-6-13(7)9(15)11(10(16)17)4-2-5-11/h7H,1-6H2,(H2,12,14)(H,16,17). The van der Waals surface area contributed by atoms with Gasteiger partial charge in [-0.05, 0) is 25.7 Å². The minimum atomic E-state index is -1.29. The van der Waals surface area contributed by atoms with Crippen LogP contribution in [-0.4, -0.2) is 40.4 Å². The van der Waals surface area contributed by atoms with Crippen LogP contribution in [0.4, 0.5) is 0 Å². The van der Waals surface area contributed by atoms with Crippen LogP contribution in [0.3, 0.4) is 0 Å². The van der Waals surface area contributed by atoms with E-state index in [1.54, 1.807) is 0 Å². The Kier molecular flexibility index (Phi) is 2.81. The Hall–Kier alpha value is -1.59. The summed E-state index contributed by atoms with van der Waals surface area (Å²) >= 11 is 0. The Bertz CT molecular complexity index is 376. The molecule has 0 aromatic carbocycles. The van der Waals surface area contributed by atoms with Crippen molar-refractivity contribution in [1.82, 2.24) is 4.90 Å². The third-order valence-electron chi connectivity index (χ3n) is 3.87. The second-order valence-electron chi connectivity index (χ2n) is 4.80. The molecule has 1 aliphatic carbocycles. The van der Waals surface area contributed by atoms with Crippen LogP contribution in [0.15, 0.2) is 0 Å². The van der Waals surface area contributed by atoms with Crippen molar-refractivity contribution in [3.63, 3.8) is 0 Å². The third-order valence-corrected chi connectivity index (χ3v) is 3.87. The summed E-state index contributed by atoms with van der Waals surface area (Å²) in [6.07, 6.45) is 2.71. The highest BCUT2D eigenvalue weighted by atomic mass is 16.4. The van der Waals surface area contributed by atoms with Crippen LogP contribution in [0.1, 0.15) is 32.1 Å². The number of aliphatic carboxylic acids is 1. The molecule has 0 aromatic rings. The van der Waals surface area contributed by atoms with Gasteiger partial charge in [0.1, 0.15) is 11.5 Å². The fourth-order valence-electron chi connectivity index (χ4n) is 2.63. The molecule has 1 unspecified atom stereocenters. The maximum absolute atomic E-state index is 12.2. The van der Waals surface area contributed by atoms with Crippen LogP contribution in [0.25, 0.3) is 0 Å². The Balaban J connectivity index is 2.19. The van der Waals surface area contributed by atoms with Gasteiger partial charge in [-0.15, -0.1) is 0 Å². The van der Waals surface area contributed by atoms with Crippen molar-refractivity contribution in [2.45, 2.75) is 38.1 Å². The first-order chi connectivity index (χ1) is 7.99. The normalized spacial score (nSPS) is 26.4. The summed E-state index contributed by atoms with van der Waals surface area (Å²) in [5.74, 6) is -2.06. The molecule has 3 N–H and O–H groups in total. The number of likely N-dealkylation sites (tertiary alicyclic amines) is 1. The molecule has 1 saturated heterocycles. The highest BCUT2D eigenvalue weighted by Crippen LogP contribution is 2.44. The average Bonchev–Trinajstić information content (AvgIpc) is 2.62. The number of carboxylic acid groups (broad SMARTS) is 1. The zero-order valence-corrected chi connectivity index (χ0v) is 9.52. The number of hydrogen-bond donors (Lipinski definition) is 2. The van der Waals surface area contributed by atoms with E-state index >= 15 is 0 Å². The minimum absolute atomic E-state index is 0.364. The lowest BCUT2D eigenvalue weighted by molar-refractivity contribution is -0.168. The van der Waals surface area contributed by atoms with Gasteiger partial charge in [-0.25, -0.2) is 0 Å². The van der Waals surface area contributed by atoms with Crippen molar-refractivity contribution < 1.29 is 19.5 Å². The van der Waals surface area contributed by atoms with Crippen LogP contribution < -0.4 is 5.73 Å². The SMILES string of the molecule is NC(=O)C1CCCN1C(=O)C1(C(=O)O)CCC1. The molecule has 6 nitrogen and oxygen atoms in total. The van der Waals surface area contributed by atoms with E-state index in [1.165, 1.54) is 4.90 Å². The fraction of sp³-hybridized carbons (Fsp3) is 0.727. The first kappa shape index (κ1) is 11.9. The van der Waals surface area contributed by atoms with Gasteiger partial charge >= 0.3 is 5.97 Å². The van der Waals surface area contributed by atoms with Gasteiger partial charge in [0.05, 0.1) is 0 Å². The molecule has 17 heavy (non-hydrogen) atoms. The second-order valence-corrected chi connectivity index (χ2v) is 4.80. The number of nitrogens with two attached hydrogens (primary N) is 1. The zero-order chi connectivity index (χ0) is 12.6. The summed E-state index contributed by atoms with van der Waals surface area (Å²) in [7, 11) is 0. The third kappa shape index (κ3) is 1.67. The van der Waals surface area contributed by atoms with Crippen molar-refractivity contribution in [3.05, 3.63) is 0 Å². The first-order valence-corrected chi connectivity index (χ1v) is 5.83. The molecular weight excluding hydrogens is 224 g/mol. The summed E-state index contributed by atoms with van der Waals surface area (Å²) < 4.78 is 0.